The largest absolute Gasteiger partial charge is 0.382 e. The molecule has 1 atom stereocenters. The van der Waals surface area contributed by atoms with Crippen LogP contribution in [0.2, 0.25) is 0 Å². The van der Waals surface area contributed by atoms with E-state index in [1.807, 2.05) is 50.5 Å². The molecule has 9 heteroatoms. The average Bonchev–Trinajstić information content (AvgIpc) is 3.43. The summed E-state index contributed by atoms with van der Waals surface area (Å²) in [5.74, 6) is -0.480. The van der Waals surface area contributed by atoms with Crippen molar-refractivity contribution in [2.45, 2.75) is 25.6 Å². The highest BCUT2D eigenvalue weighted by Gasteiger charge is 2.26. The molecule has 2 heterocycles. The van der Waals surface area contributed by atoms with Crippen molar-refractivity contribution >= 4 is 23.3 Å². The van der Waals surface area contributed by atoms with E-state index in [0.717, 1.165) is 31.6 Å². The van der Waals surface area contributed by atoms with Gasteiger partial charge >= 0.3 is 0 Å². The van der Waals surface area contributed by atoms with Crippen molar-refractivity contribution < 1.29 is 9.59 Å². The molecule has 0 saturated carbocycles. The fourth-order valence-corrected chi connectivity index (χ4v) is 4.91. The zero-order valence-corrected chi connectivity index (χ0v) is 23.4. The molecule has 210 valence electrons. The standard InChI is InChI=1S/C32H35N7O2/c1-38(2)27-13-11-23(12-14-27)20-39-16-15-26(21-39)36-32(41)29-30(33)34-19-28(37-29)24-9-6-10-25(17-24)31(40)35-18-22-7-4-3-5-8-22/h3-14,17,19,26H,15-16,18,20-21H2,1-2H3,(H2,33,34)(H,35,40)(H,36,41)/t26-/m0/s1. The SMILES string of the molecule is CN(C)c1ccc(CN2CC[C@H](NC(=O)c3nc(-c4cccc(C(=O)NCc5ccccc5)c4)cnc3N)C2)cc1. The highest BCUT2D eigenvalue weighted by Crippen LogP contribution is 2.21. The molecule has 0 unspecified atom stereocenters. The highest BCUT2D eigenvalue weighted by atomic mass is 16.2. The molecule has 2 amide bonds. The summed E-state index contributed by atoms with van der Waals surface area (Å²) in [6.07, 6.45) is 2.36. The summed E-state index contributed by atoms with van der Waals surface area (Å²) < 4.78 is 0. The Morgan fingerprint density at radius 1 is 0.976 bits per heavy atom. The smallest absolute Gasteiger partial charge is 0.274 e. The van der Waals surface area contributed by atoms with Gasteiger partial charge in [0.1, 0.15) is 0 Å². The Morgan fingerprint density at radius 2 is 1.76 bits per heavy atom. The van der Waals surface area contributed by atoms with Crippen LogP contribution in [-0.4, -0.2) is 59.9 Å². The zero-order valence-electron chi connectivity index (χ0n) is 23.4. The molecule has 1 aliphatic heterocycles. The Kier molecular flexibility index (Phi) is 8.55. The van der Waals surface area contributed by atoms with Crippen LogP contribution in [0.3, 0.4) is 0 Å². The number of nitrogens with zero attached hydrogens (tertiary/aromatic N) is 4. The predicted molar refractivity (Wildman–Crippen MR) is 161 cm³/mol. The molecule has 0 aliphatic carbocycles. The molecule has 5 rings (SSSR count). The van der Waals surface area contributed by atoms with Crippen LogP contribution in [0.1, 0.15) is 38.4 Å². The summed E-state index contributed by atoms with van der Waals surface area (Å²) in [6, 6.07) is 25.3. The third-order valence-corrected chi connectivity index (χ3v) is 7.20. The maximum atomic E-state index is 13.2. The van der Waals surface area contributed by atoms with Gasteiger partial charge in [0.05, 0.1) is 11.9 Å². The minimum Gasteiger partial charge on any atom is -0.382 e. The van der Waals surface area contributed by atoms with Gasteiger partial charge in [-0.25, -0.2) is 9.97 Å². The van der Waals surface area contributed by atoms with Crippen LogP contribution in [0.4, 0.5) is 11.5 Å². The number of likely N-dealkylation sites (tertiary alicyclic amines) is 1. The fraction of sp³-hybridized carbons (Fsp3) is 0.250. The van der Waals surface area contributed by atoms with Gasteiger partial charge in [0.15, 0.2) is 11.5 Å². The van der Waals surface area contributed by atoms with Crippen molar-refractivity contribution in [1.82, 2.24) is 25.5 Å². The number of nitrogens with one attached hydrogen (secondary N) is 2. The normalized spacial score (nSPS) is 14.9. The van der Waals surface area contributed by atoms with Crippen LogP contribution in [0.15, 0.2) is 85.1 Å². The van der Waals surface area contributed by atoms with E-state index in [1.165, 1.54) is 17.4 Å². The summed E-state index contributed by atoms with van der Waals surface area (Å²) in [5.41, 5.74) is 11.2. The Labute approximate surface area is 240 Å². The lowest BCUT2D eigenvalue weighted by molar-refractivity contribution is 0.0930. The van der Waals surface area contributed by atoms with Crippen LogP contribution < -0.4 is 21.3 Å². The molecule has 1 aliphatic rings. The van der Waals surface area contributed by atoms with Gasteiger partial charge in [0, 0.05) is 63.1 Å². The average molecular weight is 550 g/mol. The van der Waals surface area contributed by atoms with E-state index in [1.54, 1.807) is 18.2 Å². The molecule has 3 aromatic carbocycles. The molecule has 1 fully saturated rings. The molecular weight excluding hydrogens is 514 g/mol. The third kappa shape index (κ3) is 7.06. The first-order valence-electron chi connectivity index (χ1n) is 13.7. The minimum absolute atomic E-state index is 0.00922. The second kappa shape index (κ2) is 12.6. The van der Waals surface area contributed by atoms with Gasteiger partial charge in [-0.2, -0.15) is 0 Å². The molecule has 41 heavy (non-hydrogen) atoms. The predicted octanol–water partition coefficient (Wildman–Crippen LogP) is 3.73. The van der Waals surface area contributed by atoms with Crippen molar-refractivity contribution in [2.75, 3.05) is 37.8 Å². The summed E-state index contributed by atoms with van der Waals surface area (Å²) in [6.45, 7) is 2.89. The molecule has 9 nitrogen and oxygen atoms in total. The first-order valence-corrected chi connectivity index (χ1v) is 13.7. The fourth-order valence-electron chi connectivity index (χ4n) is 4.91. The quantitative estimate of drug-likeness (QED) is 0.291. The number of carbonyl (C=O) groups excluding carboxylic acids is 2. The van der Waals surface area contributed by atoms with Crippen molar-refractivity contribution in [2.24, 2.45) is 0 Å². The number of rotatable bonds is 9. The van der Waals surface area contributed by atoms with Crippen LogP contribution in [0.25, 0.3) is 11.3 Å². The van der Waals surface area contributed by atoms with Gasteiger partial charge in [-0.3, -0.25) is 14.5 Å². The maximum Gasteiger partial charge on any atom is 0.274 e. The van der Waals surface area contributed by atoms with Crippen molar-refractivity contribution in [3.63, 3.8) is 0 Å². The maximum absolute atomic E-state index is 13.2. The molecule has 0 bridgehead atoms. The second-order valence-corrected chi connectivity index (χ2v) is 10.5. The van der Waals surface area contributed by atoms with E-state index in [9.17, 15) is 9.59 Å². The number of hydrogen-bond acceptors (Lipinski definition) is 7. The molecule has 1 aromatic heterocycles. The number of hydrogen-bond donors (Lipinski definition) is 3. The van der Waals surface area contributed by atoms with Crippen molar-refractivity contribution in [3.05, 3.63) is 107 Å². The van der Waals surface area contributed by atoms with Crippen LogP contribution in [-0.2, 0) is 13.1 Å². The molecule has 0 radical (unpaired) electrons. The van der Waals surface area contributed by atoms with E-state index < -0.39 is 0 Å². The van der Waals surface area contributed by atoms with Gasteiger partial charge in [-0.1, -0.05) is 54.6 Å². The van der Waals surface area contributed by atoms with Gasteiger partial charge in [-0.15, -0.1) is 0 Å². The van der Waals surface area contributed by atoms with Crippen molar-refractivity contribution in [1.29, 1.82) is 0 Å². The first-order chi connectivity index (χ1) is 19.9. The van der Waals surface area contributed by atoms with Gasteiger partial charge in [0.25, 0.3) is 11.8 Å². The van der Waals surface area contributed by atoms with E-state index in [4.69, 9.17) is 5.73 Å². The minimum atomic E-state index is -0.351. The number of amides is 2. The van der Waals surface area contributed by atoms with Gasteiger partial charge in [-0.05, 0) is 41.8 Å². The van der Waals surface area contributed by atoms with Crippen molar-refractivity contribution in [3.8, 4) is 11.3 Å². The van der Waals surface area contributed by atoms with Crippen LogP contribution >= 0.6 is 0 Å². The Balaban J connectivity index is 1.21. The number of carbonyl (C=O) groups is 2. The van der Waals surface area contributed by atoms with Crippen LogP contribution in [0.5, 0.6) is 0 Å². The number of aromatic nitrogens is 2. The molecule has 1 saturated heterocycles. The second-order valence-electron chi connectivity index (χ2n) is 10.5. The summed E-state index contributed by atoms with van der Waals surface area (Å²) >= 11 is 0. The number of anilines is 2. The third-order valence-electron chi connectivity index (χ3n) is 7.20. The Morgan fingerprint density at radius 3 is 2.51 bits per heavy atom. The van der Waals surface area contributed by atoms with Crippen LogP contribution in [0, 0.1) is 0 Å². The van der Waals surface area contributed by atoms with Gasteiger partial charge < -0.3 is 21.3 Å². The number of nitrogens with two attached hydrogens (primary N) is 1. The summed E-state index contributed by atoms with van der Waals surface area (Å²) in [5, 5.41) is 6.02. The Hall–Kier alpha value is -4.76. The number of benzene rings is 3. The molecular formula is C32H35N7O2. The van der Waals surface area contributed by atoms with Gasteiger partial charge in [0.2, 0.25) is 0 Å². The monoisotopic (exact) mass is 549 g/mol. The zero-order chi connectivity index (χ0) is 28.8. The lowest BCUT2D eigenvalue weighted by atomic mass is 10.1. The molecule has 0 spiro atoms. The lowest BCUT2D eigenvalue weighted by Gasteiger charge is -2.18. The lowest BCUT2D eigenvalue weighted by Crippen LogP contribution is -2.37. The summed E-state index contributed by atoms with van der Waals surface area (Å²) in [7, 11) is 4.05. The highest BCUT2D eigenvalue weighted by molar-refractivity contribution is 5.97. The topological polar surface area (TPSA) is 116 Å². The van der Waals surface area contributed by atoms with E-state index in [2.05, 4.69) is 54.7 Å². The summed E-state index contributed by atoms with van der Waals surface area (Å²) in [4.78, 5) is 39.1. The van der Waals surface area contributed by atoms with E-state index >= 15 is 0 Å². The van der Waals surface area contributed by atoms with E-state index in [-0.39, 0.29) is 29.4 Å². The molecule has 4 N–H and O–H groups in total. The van der Waals surface area contributed by atoms with E-state index in [0.29, 0.717) is 23.4 Å². The number of nitrogen functional groups attached to an aromatic ring is 1. The molecule has 4 aromatic rings. The first kappa shape index (κ1) is 27.8. The Bertz CT molecular complexity index is 1510.